The Kier molecular flexibility index (Phi) is 3.42. The van der Waals surface area contributed by atoms with Crippen molar-refractivity contribution in [3.8, 4) is 5.75 Å². The zero-order valence-electron chi connectivity index (χ0n) is 11.7. The van der Waals surface area contributed by atoms with Crippen LogP contribution in [-0.2, 0) is 11.3 Å². The van der Waals surface area contributed by atoms with Crippen molar-refractivity contribution in [2.75, 3.05) is 7.11 Å². The fraction of sp³-hybridized carbons (Fsp3) is 0.235. The van der Waals surface area contributed by atoms with Crippen LogP contribution in [-0.4, -0.2) is 18.9 Å². The molecule has 0 amide bonds. The summed E-state index contributed by atoms with van der Waals surface area (Å²) >= 11 is 0. The number of nitrogens with zero attached hydrogens (tertiary/aromatic N) is 1. The van der Waals surface area contributed by atoms with Gasteiger partial charge in [0.05, 0.1) is 0 Å². The van der Waals surface area contributed by atoms with Gasteiger partial charge in [-0.2, -0.15) is 0 Å². The highest BCUT2D eigenvalue weighted by Gasteiger charge is 2.28. The Morgan fingerprint density at radius 1 is 1.15 bits per heavy atom. The first-order valence-corrected chi connectivity index (χ1v) is 6.70. The summed E-state index contributed by atoms with van der Waals surface area (Å²) in [6.07, 6.45) is 0.738. The lowest BCUT2D eigenvalue weighted by molar-refractivity contribution is 0.205. The summed E-state index contributed by atoms with van der Waals surface area (Å²) in [5, 5.41) is 4.18. The summed E-state index contributed by atoms with van der Waals surface area (Å²) < 4.78 is 6.00. The number of hydrogen-bond acceptors (Lipinski definition) is 3. The monoisotopic (exact) mass is 267 g/mol. The minimum Gasteiger partial charge on any atom is -0.483 e. The van der Waals surface area contributed by atoms with Crippen LogP contribution in [0.2, 0.25) is 0 Å². The molecule has 1 heterocycles. The number of rotatable bonds is 3. The van der Waals surface area contributed by atoms with E-state index in [1.807, 2.05) is 18.2 Å². The molecule has 102 valence electrons. The molecule has 0 spiro atoms. The molecule has 0 aliphatic carbocycles. The molecule has 3 heteroatoms. The summed E-state index contributed by atoms with van der Waals surface area (Å²) in [5.74, 6) is 0.938. The van der Waals surface area contributed by atoms with E-state index in [4.69, 9.17) is 9.57 Å². The third kappa shape index (κ3) is 2.39. The number of benzene rings is 2. The van der Waals surface area contributed by atoms with Crippen molar-refractivity contribution in [1.29, 1.82) is 0 Å². The molecule has 1 aliphatic rings. The lowest BCUT2D eigenvalue weighted by Gasteiger charge is -2.13. The van der Waals surface area contributed by atoms with Gasteiger partial charge in [0.15, 0.2) is 0 Å². The van der Waals surface area contributed by atoms with E-state index in [9.17, 15) is 0 Å². The van der Waals surface area contributed by atoms with Gasteiger partial charge in [0.1, 0.15) is 24.7 Å². The molecular formula is C17H17NO2. The van der Waals surface area contributed by atoms with Gasteiger partial charge in [-0.3, -0.25) is 0 Å². The fourth-order valence-corrected chi connectivity index (χ4v) is 2.45. The molecule has 0 fully saturated rings. The second kappa shape index (κ2) is 5.37. The average molecular weight is 267 g/mol. The lowest BCUT2D eigenvalue weighted by atomic mass is 10.0. The van der Waals surface area contributed by atoms with E-state index in [1.54, 1.807) is 7.11 Å². The summed E-state index contributed by atoms with van der Waals surface area (Å²) in [5.41, 5.74) is 4.31. The van der Waals surface area contributed by atoms with E-state index in [1.165, 1.54) is 11.1 Å². The lowest BCUT2D eigenvalue weighted by Crippen LogP contribution is -2.26. The van der Waals surface area contributed by atoms with Crippen LogP contribution < -0.4 is 4.74 Å². The van der Waals surface area contributed by atoms with Gasteiger partial charge >= 0.3 is 0 Å². The maximum absolute atomic E-state index is 6.00. The predicted molar refractivity (Wildman–Crippen MR) is 79.3 cm³/mol. The van der Waals surface area contributed by atoms with Crippen LogP contribution in [0.25, 0.3) is 0 Å². The summed E-state index contributed by atoms with van der Waals surface area (Å²) in [4.78, 5) is 5.01. The normalized spacial score (nSPS) is 17.5. The van der Waals surface area contributed by atoms with E-state index in [0.29, 0.717) is 0 Å². The highest BCUT2D eigenvalue weighted by atomic mass is 16.6. The Morgan fingerprint density at radius 3 is 2.60 bits per heavy atom. The van der Waals surface area contributed by atoms with Gasteiger partial charge < -0.3 is 9.57 Å². The van der Waals surface area contributed by atoms with E-state index in [0.717, 1.165) is 23.4 Å². The van der Waals surface area contributed by atoms with E-state index < -0.39 is 0 Å². The average Bonchev–Trinajstić information content (AvgIpc) is 2.89. The van der Waals surface area contributed by atoms with Gasteiger partial charge in [-0.15, -0.1) is 0 Å². The predicted octanol–water partition coefficient (Wildman–Crippen LogP) is 3.35. The molecule has 0 saturated carbocycles. The minimum absolute atomic E-state index is 0.0879. The second-order valence-electron chi connectivity index (χ2n) is 4.94. The van der Waals surface area contributed by atoms with Crippen molar-refractivity contribution in [2.45, 2.75) is 19.4 Å². The summed E-state index contributed by atoms with van der Waals surface area (Å²) in [7, 11) is 1.57. The molecule has 2 aromatic carbocycles. The third-order valence-corrected chi connectivity index (χ3v) is 3.49. The fourth-order valence-electron chi connectivity index (χ4n) is 2.45. The molecule has 2 aromatic rings. The highest BCUT2D eigenvalue weighted by molar-refractivity contribution is 6.04. The third-order valence-electron chi connectivity index (χ3n) is 3.49. The molecule has 20 heavy (non-hydrogen) atoms. The minimum atomic E-state index is -0.0879. The van der Waals surface area contributed by atoms with Crippen LogP contribution in [0.4, 0.5) is 0 Å². The van der Waals surface area contributed by atoms with Crippen molar-refractivity contribution >= 4 is 5.71 Å². The number of fused-ring (bicyclic) bond motifs is 1. The van der Waals surface area contributed by atoms with Crippen LogP contribution in [0.1, 0.15) is 16.7 Å². The van der Waals surface area contributed by atoms with Gasteiger partial charge in [0, 0.05) is 12.0 Å². The number of oxime groups is 1. The van der Waals surface area contributed by atoms with Crippen molar-refractivity contribution in [2.24, 2.45) is 5.16 Å². The summed E-state index contributed by atoms with van der Waals surface area (Å²) in [6.45, 7) is 2.07. The topological polar surface area (TPSA) is 30.8 Å². The maximum atomic E-state index is 6.00. The Morgan fingerprint density at radius 2 is 1.90 bits per heavy atom. The molecule has 0 aromatic heterocycles. The molecule has 0 radical (unpaired) electrons. The highest BCUT2D eigenvalue weighted by Crippen LogP contribution is 2.30. The quantitative estimate of drug-likeness (QED) is 0.630. The molecule has 3 nitrogen and oxygen atoms in total. The van der Waals surface area contributed by atoms with Crippen LogP contribution in [0.5, 0.6) is 5.75 Å². The van der Waals surface area contributed by atoms with Crippen LogP contribution in [0, 0.1) is 6.92 Å². The summed E-state index contributed by atoms with van der Waals surface area (Å²) in [6, 6.07) is 16.4. The van der Waals surface area contributed by atoms with Crippen LogP contribution in [0.15, 0.2) is 53.7 Å². The van der Waals surface area contributed by atoms with E-state index in [2.05, 4.69) is 42.4 Å². The Hall–Kier alpha value is -2.29. The second-order valence-corrected chi connectivity index (χ2v) is 4.94. The molecule has 0 N–H and O–H groups in total. The SMILES string of the molecule is CO/N=C(\c1ccc(C)cc1)C1Cc2ccccc2O1. The first kappa shape index (κ1) is 12.7. The van der Waals surface area contributed by atoms with Crippen molar-refractivity contribution in [1.82, 2.24) is 0 Å². The maximum Gasteiger partial charge on any atom is 0.149 e. The first-order chi connectivity index (χ1) is 9.78. The number of para-hydroxylation sites is 1. The molecule has 1 atom stereocenters. The number of hydrogen-bond donors (Lipinski definition) is 0. The van der Waals surface area contributed by atoms with Gasteiger partial charge in [-0.05, 0) is 18.6 Å². The molecule has 0 saturated heterocycles. The zero-order chi connectivity index (χ0) is 13.9. The molecule has 3 rings (SSSR count). The van der Waals surface area contributed by atoms with Crippen molar-refractivity contribution < 1.29 is 9.57 Å². The van der Waals surface area contributed by atoms with Gasteiger partial charge in [0.25, 0.3) is 0 Å². The van der Waals surface area contributed by atoms with E-state index in [-0.39, 0.29) is 6.10 Å². The van der Waals surface area contributed by atoms with Gasteiger partial charge in [0.2, 0.25) is 0 Å². The molecular weight excluding hydrogens is 250 g/mol. The van der Waals surface area contributed by atoms with Gasteiger partial charge in [-0.1, -0.05) is 53.2 Å². The van der Waals surface area contributed by atoms with Crippen molar-refractivity contribution in [3.05, 3.63) is 65.2 Å². The van der Waals surface area contributed by atoms with Crippen LogP contribution in [0.3, 0.4) is 0 Å². The molecule has 1 unspecified atom stereocenters. The van der Waals surface area contributed by atoms with Gasteiger partial charge in [-0.25, -0.2) is 0 Å². The molecule has 0 bridgehead atoms. The standard InChI is InChI=1S/C17H17NO2/c1-12-7-9-13(10-8-12)17(18-19-2)16-11-14-5-3-4-6-15(14)20-16/h3-10,16H,11H2,1-2H3/b18-17+. The Labute approximate surface area is 118 Å². The largest absolute Gasteiger partial charge is 0.483 e. The Bertz CT molecular complexity index is 607. The zero-order valence-corrected chi connectivity index (χ0v) is 11.7. The Balaban J connectivity index is 1.90. The smallest absolute Gasteiger partial charge is 0.149 e. The van der Waals surface area contributed by atoms with E-state index >= 15 is 0 Å². The first-order valence-electron chi connectivity index (χ1n) is 6.70. The van der Waals surface area contributed by atoms with Crippen LogP contribution >= 0.6 is 0 Å². The molecule has 1 aliphatic heterocycles. The number of aryl methyl sites for hydroxylation is 1. The van der Waals surface area contributed by atoms with Crippen molar-refractivity contribution in [3.63, 3.8) is 0 Å². The number of ether oxygens (including phenoxy) is 1.